The van der Waals surface area contributed by atoms with Crippen molar-refractivity contribution < 1.29 is 28.6 Å². The monoisotopic (exact) mass is 274 g/mol. The fourth-order valence-electron chi connectivity index (χ4n) is 1.13. The lowest BCUT2D eigenvalue weighted by molar-refractivity contribution is -0.154. The van der Waals surface area contributed by atoms with Crippen molar-refractivity contribution in [3.8, 4) is 0 Å². The minimum absolute atomic E-state index is 0.208. The summed E-state index contributed by atoms with van der Waals surface area (Å²) < 4.78 is 13.8. The smallest absolute Gasteiger partial charge is 0.420 e. The zero-order chi connectivity index (χ0) is 15.1. The predicted octanol–water partition coefficient (Wildman–Crippen LogP) is 1.12. The van der Waals surface area contributed by atoms with Crippen LogP contribution in [0.25, 0.3) is 0 Å². The predicted molar refractivity (Wildman–Crippen MR) is 65.7 cm³/mol. The van der Waals surface area contributed by atoms with Gasteiger partial charge in [0.15, 0.2) is 0 Å². The normalized spacial score (nSPS) is 12.5. The minimum Gasteiger partial charge on any atom is -0.444 e. The summed E-state index contributed by atoms with van der Waals surface area (Å²) in [6.45, 7) is 9.18. The van der Waals surface area contributed by atoms with Crippen molar-refractivity contribution >= 4 is 18.5 Å². The molecule has 0 fully saturated rings. The number of ether oxygens (including phenoxy) is 3. The second kappa shape index (κ2) is 7.60. The van der Waals surface area contributed by atoms with Crippen LogP contribution in [0.3, 0.4) is 0 Å². The maximum Gasteiger partial charge on any atom is 0.420 e. The van der Waals surface area contributed by atoms with Gasteiger partial charge in [0, 0.05) is 0 Å². The lowest BCUT2D eigenvalue weighted by Crippen LogP contribution is -2.47. The zero-order valence-electron chi connectivity index (χ0n) is 11.8. The molecule has 0 aromatic heterocycles. The fraction of sp³-hybridized carbons (Fsp3) is 0.750. The van der Waals surface area contributed by atoms with E-state index in [0.717, 1.165) is 6.47 Å². The number of rotatable bonds is 6. The van der Waals surface area contributed by atoms with E-state index in [9.17, 15) is 14.4 Å². The molecule has 0 bridgehead atoms. The number of hydrogen-bond donors (Lipinski definition) is 1. The molecule has 0 aromatic carbocycles. The number of carbonyl (C=O) groups is 2. The van der Waals surface area contributed by atoms with Crippen molar-refractivity contribution in [2.45, 2.75) is 46.3 Å². The molecular weight excluding hydrogens is 254 g/mol. The topological polar surface area (TPSA) is 90.9 Å². The molecule has 1 amide bonds. The summed E-state index contributed by atoms with van der Waals surface area (Å²) in [7, 11) is 0. The average molecular weight is 274 g/mol. The largest absolute Gasteiger partial charge is 0.444 e. The van der Waals surface area contributed by atoms with Crippen LogP contribution < -0.4 is 5.32 Å². The molecule has 0 saturated heterocycles. The van der Waals surface area contributed by atoms with Gasteiger partial charge in [0.1, 0.15) is 11.6 Å². The summed E-state index contributed by atoms with van der Waals surface area (Å²) in [6, 6.07) is -0.884. The second-order valence-electron chi connectivity index (χ2n) is 5.18. The third-order valence-corrected chi connectivity index (χ3v) is 1.91. The van der Waals surface area contributed by atoms with Crippen molar-refractivity contribution in [1.29, 1.82) is 0 Å². The third kappa shape index (κ3) is 8.01. The van der Waals surface area contributed by atoms with E-state index in [2.05, 4.69) is 14.8 Å². The summed E-state index contributed by atoms with van der Waals surface area (Å²) in [4.78, 5) is 33.0. The van der Waals surface area contributed by atoms with E-state index in [1.165, 1.54) is 0 Å². The highest BCUT2D eigenvalue weighted by Crippen LogP contribution is 2.09. The highest BCUT2D eigenvalue weighted by Gasteiger charge is 2.28. The maximum atomic E-state index is 11.7. The van der Waals surface area contributed by atoms with E-state index in [0.29, 0.717) is 0 Å². The first-order valence-electron chi connectivity index (χ1n) is 5.82. The Morgan fingerprint density at radius 3 is 2.26 bits per heavy atom. The van der Waals surface area contributed by atoms with Crippen molar-refractivity contribution in [2.24, 2.45) is 5.92 Å². The van der Waals surface area contributed by atoms with Crippen molar-refractivity contribution in [3.05, 3.63) is 0 Å². The lowest BCUT2D eigenvalue weighted by atomic mass is 10.1. The molecule has 7 nitrogen and oxygen atoms in total. The molecule has 7 heteroatoms. The molecule has 0 unspecified atom stereocenters. The number of carbonyl (C=O) groups excluding carboxylic acids is 3. The Bertz CT molecular complexity index is 321. The van der Waals surface area contributed by atoms with Gasteiger partial charge in [0.05, 0.1) is 0 Å². The molecule has 19 heavy (non-hydrogen) atoms. The Labute approximate surface area is 112 Å². The van der Waals surface area contributed by atoms with Gasteiger partial charge in [-0.25, -0.2) is 14.4 Å². The van der Waals surface area contributed by atoms with E-state index in [-0.39, 0.29) is 5.92 Å². The number of nitrogens with one attached hydrogen (secondary N) is 1. The number of amides is 1. The first-order valence-corrected chi connectivity index (χ1v) is 5.82. The molecule has 0 heterocycles. The molecule has 0 rings (SSSR count). The van der Waals surface area contributed by atoms with Gasteiger partial charge < -0.3 is 19.5 Å². The Kier molecular flexibility index (Phi) is 6.89. The zero-order valence-corrected chi connectivity index (χ0v) is 11.8. The fourth-order valence-corrected chi connectivity index (χ4v) is 1.13. The van der Waals surface area contributed by atoms with Gasteiger partial charge in [0.25, 0.3) is 0 Å². The van der Waals surface area contributed by atoms with Crippen LogP contribution in [-0.4, -0.2) is 37.0 Å². The number of esters is 1. The van der Waals surface area contributed by atoms with E-state index in [1.54, 1.807) is 34.6 Å². The lowest BCUT2D eigenvalue weighted by Gasteiger charge is -2.24. The standard InChI is InChI=1S/C12H20NO6/c1-8(2)9(10(15)18-7-17-6-14)13-11(16)19-12(3,4)5/h8-9H,7H2,1-5H3,(H,13,16)/t9-/m0/s1. The van der Waals surface area contributed by atoms with Crippen molar-refractivity contribution in [3.63, 3.8) is 0 Å². The Balaban J connectivity index is 4.44. The van der Waals surface area contributed by atoms with Gasteiger partial charge in [-0.05, 0) is 26.7 Å². The van der Waals surface area contributed by atoms with Gasteiger partial charge in [0.2, 0.25) is 6.79 Å². The quantitative estimate of drug-likeness (QED) is 0.443. The van der Waals surface area contributed by atoms with Crippen LogP contribution >= 0.6 is 0 Å². The highest BCUT2D eigenvalue weighted by molar-refractivity contribution is 5.81. The average Bonchev–Trinajstić information content (AvgIpc) is 2.23. The maximum absolute atomic E-state index is 11.7. The Morgan fingerprint density at radius 2 is 1.84 bits per heavy atom. The minimum atomic E-state index is -0.884. The molecule has 0 aliphatic carbocycles. The van der Waals surface area contributed by atoms with Crippen LogP contribution in [0, 0.1) is 5.92 Å². The summed E-state index contributed by atoms with van der Waals surface area (Å²) in [5.41, 5.74) is -0.662. The van der Waals surface area contributed by atoms with Crippen molar-refractivity contribution in [2.75, 3.05) is 6.79 Å². The molecule has 1 atom stereocenters. The Hall–Kier alpha value is -1.79. The van der Waals surface area contributed by atoms with E-state index >= 15 is 0 Å². The Morgan fingerprint density at radius 1 is 1.26 bits per heavy atom. The van der Waals surface area contributed by atoms with Crippen LogP contribution in [0.4, 0.5) is 4.79 Å². The number of alkyl carbamates (subject to hydrolysis) is 1. The first kappa shape index (κ1) is 17.2. The molecule has 1 N–H and O–H groups in total. The summed E-state index contributed by atoms with van der Waals surface area (Å²) in [5.74, 6) is -0.920. The molecule has 0 saturated carbocycles. The van der Waals surface area contributed by atoms with Gasteiger partial charge in [-0.3, -0.25) is 0 Å². The summed E-state index contributed by atoms with van der Waals surface area (Å²) in [5, 5.41) is 2.41. The van der Waals surface area contributed by atoms with E-state index in [1.807, 2.05) is 0 Å². The van der Waals surface area contributed by atoms with E-state index < -0.39 is 30.5 Å². The van der Waals surface area contributed by atoms with Crippen LogP contribution in [0.15, 0.2) is 0 Å². The number of hydrogen-bond acceptors (Lipinski definition) is 6. The molecule has 0 aromatic rings. The highest BCUT2D eigenvalue weighted by atomic mass is 16.7. The molecule has 0 spiro atoms. The second-order valence-corrected chi connectivity index (χ2v) is 5.18. The van der Waals surface area contributed by atoms with Gasteiger partial charge in [-0.2, -0.15) is 0 Å². The van der Waals surface area contributed by atoms with Crippen molar-refractivity contribution in [1.82, 2.24) is 5.32 Å². The molecular formula is C12H20NO6. The first-order chi connectivity index (χ1) is 8.67. The summed E-state index contributed by atoms with van der Waals surface area (Å²) in [6.07, 6.45) is -0.717. The molecule has 0 aliphatic rings. The van der Waals surface area contributed by atoms with Crippen LogP contribution in [0.2, 0.25) is 0 Å². The third-order valence-electron chi connectivity index (χ3n) is 1.91. The molecule has 109 valence electrons. The van der Waals surface area contributed by atoms with E-state index in [4.69, 9.17) is 4.74 Å². The molecule has 0 aliphatic heterocycles. The molecule has 1 radical (unpaired) electrons. The van der Waals surface area contributed by atoms with Crippen LogP contribution in [0.5, 0.6) is 0 Å². The summed E-state index contributed by atoms with van der Waals surface area (Å²) >= 11 is 0. The van der Waals surface area contributed by atoms with Crippen LogP contribution in [0.1, 0.15) is 34.6 Å². The van der Waals surface area contributed by atoms with Gasteiger partial charge in [-0.15, -0.1) is 0 Å². The SMILES string of the molecule is CC(C)[C@H](NC(=O)OC(C)(C)C)C(=O)OCO[C]=O. The van der Waals surface area contributed by atoms with Crippen LogP contribution in [-0.2, 0) is 23.8 Å². The van der Waals surface area contributed by atoms with Gasteiger partial charge >= 0.3 is 18.5 Å². The van der Waals surface area contributed by atoms with Gasteiger partial charge in [-0.1, -0.05) is 13.8 Å².